The Morgan fingerprint density at radius 1 is 1.19 bits per heavy atom. The maximum Gasteiger partial charge on any atom is 0.192 e. The SMILES string of the molecule is C#CCNC(=NCc1ccc(COCC)cc1)NCC.I. The van der Waals surface area contributed by atoms with Crippen molar-refractivity contribution >= 4 is 29.9 Å². The van der Waals surface area contributed by atoms with Crippen molar-refractivity contribution in [2.75, 3.05) is 19.7 Å². The van der Waals surface area contributed by atoms with E-state index in [9.17, 15) is 0 Å². The molecule has 21 heavy (non-hydrogen) atoms. The molecular weight excluding hydrogens is 377 g/mol. The lowest BCUT2D eigenvalue weighted by molar-refractivity contribution is 0.134. The molecule has 0 amide bonds. The maximum absolute atomic E-state index is 5.37. The van der Waals surface area contributed by atoms with Gasteiger partial charge in [-0.1, -0.05) is 30.2 Å². The predicted octanol–water partition coefficient (Wildman–Crippen LogP) is 2.53. The van der Waals surface area contributed by atoms with Gasteiger partial charge in [0.05, 0.1) is 19.7 Å². The molecule has 0 radical (unpaired) electrons. The van der Waals surface area contributed by atoms with Gasteiger partial charge >= 0.3 is 0 Å². The van der Waals surface area contributed by atoms with Crippen molar-refractivity contribution in [3.63, 3.8) is 0 Å². The summed E-state index contributed by atoms with van der Waals surface area (Å²) in [7, 11) is 0. The number of ether oxygens (including phenoxy) is 1. The number of hydrogen-bond donors (Lipinski definition) is 2. The van der Waals surface area contributed by atoms with Crippen LogP contribution in [0.2, 0.25) is 0 Å². The molecule has 0 spiro atoms. The molecule has 5 heteroatoms. The van der Waals surface area contributed by atoms with Gasteiger partial charge < -0.3 is 15.4 Å². The van der Waals surface area contributed by atoms with E-state index in [-0.39, 0.29) is 24.0 Å². The van der Waals surface area contributed by atoms with Gasteiger partial charge in [0, 0.05) is 13.2 Å². The first-order valence-corrected chi connectivity index (χ1v) is 6.91. The standard InChI is InChI=1S/C16H23N3O.HI/c1-4-11-18-16(17-5-2)19-12-14-7-9-15(10-8-14)13-20-6-3;/h1,7-10H,5-6,11-13H2,2-3H3,(H2,17,18,19);1H. The van der Waals surface area contributed by atoms with E-state index < -0.39 is 0 Å². The van der Waals surface area contributed by atoms with Gasteiger partial charge in [-0.25, -0.2) is 4.99 Å². The van der Waals surface area contributed by atoms with E-state index in [1.807, 2.05) is 13.8 Å². The normalized spacial score (nSPS) is 10.4. The molecule has 0 unspecified atom stereocenters. The zero-order valence-corrected chi connectivity index (χ0v) is 15.0. The van der Waals surface area contributed by atoms with Crippen LogP contribution in [0.25, 0.3) is 0 Å². The van der Waals surface area contributed by atoms with Crippen LogP contribution in [0.1, 0.15) is 25.0 Å². The third-order valence-electron chi connectivity index (χ3n) is 2.62. The topological polar surface area (TPSA) is 45.7 Å². The lowest BCUT2D eigenvalue weighted by atomic mass is 10.1. The number of benzene rings is 1. The van der Waals surface area contributed by atoms with Gasteiger partial charge in [0.25, 0.3) is 0 Å². The van der Waals surface area contributed by atoms with Crippen molar-refractivity contribution in [2.45, 2.75) is 27.0 Å². The van der Waals surface area contributed by atoms with Crippen molar-refractivity contribution in [2.24, 2.45) is 4.99 Å². The summed E-state index contributed by atoms with van der Waals surface area (Å²) in [6, 6.07) is 8.29. The maximum atomic E-state index is 5.37. The van der Waals surface area contributed by atoms with Crippen LogP contribution in [0.5, 0.6) is 0 Å². The van der Waals surface area contributed by atoms with Crippen molar-refractivity contribution in [1.29, 1.82) is 0 Å². The highest BCUT2D eigenvalue weighted by Crippen LogP contribution is 2.06. The van der Waals surface area contributed by atoms with E-state index in [2.05, 4.69) is 45.8 Å². The van der Waals surface area contributed by atoms with E-state index in [1.54, 1.807) is 0 Å². The molecule has 1 aromatic carbocycles. The Kier molecular flexibility index (Phi) is 11.7. The largest absolute Gasteiger partial charge is 0.377 e. The minimum Gasteiger partial charge on any atom is -0.377 e. The van der Waals surface area contributed by atoms with Gasteiger partial charge in [-0.15, -0.1) is 30.4 Å². The Morgan fingerprint density at radius 3 is 2.43 bits per heavy atom. The number of guanidine groups is 1. The summed E-state index contributed by atoms with van der Waals surface area (Å²) in [5.41, 5.74) is 2.33. The third kappa shape index (κ3) is 8.58. The second-order valence-electron chi connectivity index (χ2n) is 4.21. The van der Waals surface area contributed by atoms with E-state index in [0.717, 1.165) is 24.7 Å². The first-order chi connectivity index (χ1) is 9.80. The Morgan fingerprint density at radius 2 is 1.86 bits per heavy atom. The molecule has 0 heterocycles. The summed E-state index contributed by atoms with van der Waals surface area (Å²) in [5.74, 6) is 3.28. The number of nitrogens with zero attached hydrogens (tertiary/aromatic N) is 1. The van der Waals surface area contributed by atoms with Crippen LogP contribution in [-0.2, 0) is 17.9 Å². The van der Waals surface area contributed by atoms with Gasteiger partial charge in [-0.2, -0.15) is 0 Å². The van der Waals surface area contributed by atoms with Crippen molar-refractivity contribution in [1.82, 2.24) is 10.6 Å². The van der Waals surface area contributed by atoms with Gasteiger partial charge in [-0.05, 0) is 25.0 Å². The highest BCUT2D eigenvalue weighted by atomic mass is 127. The molecule has 0 saturated carbocycles. The molecule has 2 N–H and O–H groups in total. The number of aliphatic imine (C=N–C) groups is 1. The van der Waals surface area contributed by atoms with Gasteiger partial charge in [-0.3, -0.25) is 0 Å². The lowest BCUT2D eigenvalue weighted by Crippen LogP contribution is -2.37. The molecule has 0 aliphatic rings. The smallest absolute Gasteiger partial charge is 0.192 e. The Bertz CT molecular complexity index is 452. The minimum atomic E-state index is 0. The zero-order valence-electron chi connectivity index (χ0n) is 12.7. The van der Waals surface area contributed by atoms with Crippen LogP contribution >= 0.6 is 24.0 Å². The molecule has 0 fully saturated rings. The summed E-state index contributed by atoms with van der Waals surface area (Å²) in [5, 5.41) is 6.21. The van der Waals surface area contributed by atoms with Crippen LogP contribution in [0.15, 0.2) is 29.3 Å². The van der Waals surface area contributed by atoms with Crippen LogP contribution in [-0.4, -0.2) is 25.7 Å². The van der Waals surface area contributed by atoms with Crippen LogP contribution < -0.4 is 10.6 Å². The van der Waals surface area contributed by atoms with Crippen LogP contribution in [0.4, 0.5) is 0 Å². The van der Waals surface area contributed by atoms with E-state index in [4.69, 9.17) is 11.2 Å². The molecule has 0 saturated heterocycles. The minimum absolute atomic E-state index is 0. The monoisotopic (exact) mass is 401 g/mol. The molecule has 0 aromatic heterocycles. The van der Waals surface area contributed by atoms with Crippen molar-refractivity contribution in [3.05, 3.63) is 35.4 Å². The van der Waals surface area contributed by atoms with Crippen LogP contribution in [0, 0.1) is 12.3 Å². The van der Waals surface area contributed by atoms with Crippen molar-refractivity contribution in [3.8, 4) is 12.3 Å². The van der Waals surface area contributed by atoms with E-state index in [0.29, 0.717) is 19.7 Å². The molecule has 0 bridgehead atoms. The zero-order chi connectivity index (χ0) is 14.6. The highest BCUT2D eigenvalue weighted by molar-refractivity contribution is 14.0. The molecule has 0 atom stereocenters. The van der Waals surface area contributed by atoms with Gasteiger partial charge in [0.2, 0.25) is 0 Å². The molecule has 1 rings (SSSR count). The first kappa shape index (κ1) is 19.7. The molecule has 116 valence electrons. The average molecular weight is 401 g/mol. The van der Waals surface area contributed by atoms with E-state index in [1.165, 1.54) is 5.56 Å². The fourth-order valence-corrected chi connectivity index (χ4v) is 1.61. The summed E-state index contributed by atoms with van der Waals surface area (Å²) >= 11 is 0. The number of hydrogen-bond acceptors (Lipinski definition) is 2. The molecule has 0 aliphatic heterocycles. The summed E-state index contributed by atoms with van der Waals surface area (Å²) in [6.45, 7) is 7.31. The Balaban J connectivity index is 0.00000400. The number of rotatable bonds is 7. The quantitative estimate of drug-likeness (QED) is 0.320. The Hall–Kier alpha value is -1.26. The summed E-state index contributed by atoms with van der Waals surface area (Å²) < 4.78 is 5.37. The lowest BCUT2D eigenvalue weighted by Gasteiger charge is -2.09. The fraction of sp³-hybridized carbons (Fsp3) is 0.438. The highest BCUT2D eigenvalue weighted by Gasteiger charge is 1.97. The Labute approximate surface area is 144 Å². The summed E-state index contributed by atoms with van der Waals surface area (Å²) in [4.78, 5) is 4.48. The second kappa shape index (κ2) is 12.5. The number of terminal acetylenes is 1. The third-order valence-corrected chi connectivity index (χ3v) is 2.62. The number of halogens is 1. The molecule has 0 aliphatic carbocycles. The molecule has 1 aromatic rings. The second-order valence-corrected chi connectivity index (χ2v) is 4.21. The van der Waals surface area contributed by atoms with Crippen molar-refractivity contribution < 1.29 is 4.74 Å². The average Bonchev–Trinajstić information content (AvgIpc) is 2.49. The molecule has 4 nitrogen and oxygen atoms in total. The van der Waals surface area contributed by atoms with Crippen LogP contribution in [0.3, 0.4) is 0 Å². The fourth-order valence-electron chi connectivity index (χ4n) is 1.61. The number of nitrogens with one attached hydrogen (secondary N) is 2. The van der Waals surface area contributed by atoms with Gasteiger partial charge in [0.15, 0.2) is 5.96 Å². The van der Waals surface area contributed by atoms with Gasteiger partial charge in [0.1, 0.15) is 0 Å². The van der Waals surface area contributed by atoms with E-state index >= 15 is 0 Å². The summed E-state index contributed by atoms with van der Waals surface area (Å²) in [6.07, 6.45) is 5.23. The molecular formula is C16H24IN3O. The first-order valence-electron chi connectivity index (χ1n) is 6.91. The predicted molar refractivity (Wildman–Crippen MR) is 98.8 cm³/mol.